The third-order valence-electron chi connectivity index (χ3n) is 5.20. The van der Waals surface area contributed by atoms with Crippen LogP contribution in [0.15, 0.2) is 54.0 Å². The number of methoxy groups -OCH3 is 1. The number of rotatable bonds is 10. The lowest BCUT2D eigenvalue weighted by Gasteiger charge is -2.18. The third-order valence-corrected chi connectivity index (χ3v) is 6.45. The van der Waals surface area contributed by atoms with E-state index >= 15 is 0 Å². The lowest BCUT2D eigenvalue weighted by molar-refractivity contribution is -0.148. The Bertz CT molecular complexity index is 1180. The monoisotopic (exact) mass is 515 g/mol. The topological polar surface area (TPSA) is 82.1 Å². The molecule has 1 aliphatic rings. The van der Waals surface area contributed by atoms with Crippen molar-refractivity contribution >= 4 is 46.6 Å². The first-order valence-electron chi connectivity index (χ1n) is 10.9. The van der Waals surface area contributed by atoms with E-state index in [2.05, 4.69) is 11.3 Å². The lowest BCUT2D eigenvalue weighted by Crippen LogP contribution is -2.42. The van der Waals surface area contributed by atoms with Gasteiger partial charge in [0.2, 0.25) is 0 Å². The summed E-state index contributed by atoms with van der Waals surface area (Å²) in [7, 11) is 1.21. The fourth-order valence-electron chi connectivity index (χ4n) is 3.51. The minimum Gasteiger partial charge on any atom is -0.490 e. The second kappa shape index (κ2) is 12.0. The summed E-state index contributed by atoms with van der Waals surface area (Å²) in [5, 5.41) is 0.0689. The van der Waals surface area contributed by atoms with Crippen molar-refractivity contribution in [3.63, 3.8) is 0 Å². The van der Waals surface area contributed by atoms with Crippen LogP contribution in [0.5, 0.6) is 11.5 Å². The van der Waals surface area contributed by atoms with Crippen molar-refractivity contribution in [2.75, 3.05) is 13.7 Å². The number of nitrogens with zero attached hydrogens (tertiary/aromatic N) is 1. The maximum atomic E-state index is 12.9. The average Bonchev–Trinajstić information content (AvgIpc) is 3.11. The summed E-state index contributed by atoms with van der Waals surface area (Å²) >= 11 is 7.04. The normalized spacial score (nSPS) is 15.3. The molecule has 0 aromatic heterocycles. The van der Waals surface area contributed by atoms with Crippen molar-refractivity contribution in [2.24, 2.45) is 0 Å². The van der Waals surface area contributed by atoms with Gasteiger partial charge in [-0.2, -0.15) is 0 Å². The molecule has 0 spiro atoms. The van der Waals surface area contributed by atoms with Gasteiger partial charge >= 0.3 is 5.97 Å². The number of ether oxygens (including phenoxy) is 3. The van der Waals surface area contributed by atoms with Crippen molar-refractivity contribution in [3.8, 4) is 11.5 Å². The molecule has 1 atom stereocenters. The zero-order chi connectivity index (χ0) is 25.5. The highest BCUT2D eigenvalue weighted by Crippen LogP contribution is 2.38. The van der Waals surface area contributed by atoms with E-state index < -0.39 is 23.2 Å². The number of esters is 1. The van der Waals surface area contributed by atoms with E-state index in [0.717, 1.165) is 27.8 Å². The summed E-state index contributed by atoms with van der Waals surface area (Å²) in [5.74, 6) is -0.177. The van der Waals surface area contributed by atoms with E-state index in [1.807, 2.05) is 31.2 Å². The molecule has 9 heteroatoms. The molecule has 1 heterocycles. The van der Waals surface area contributed by atoms with E-state index in [-0.39, 0.29) is 11.5 Å². The highest BCUT2D eigenvalue weighted by atomic mass is 35.5. The third kappa shape index (κ3) is 6.07. The van der Waals surface area contributed by atoms with Crippen LogP contribution in [0.25, 0.3) is 6.08 Å². The van der Waals surface area contributed by atoms with Gasteiger partial charge in [-0.1, -0.05) is 35.9 Å². The quantitative estimate of drug-likeness (QED) is 0.230. The molecule has 2 aromatic rings. The van der Waals surface area contributed by atoms with Crippen LogP contribution >= 0.6 is 23.4 Å². The van der Waals surface area contributed by atoms with E-state index in [0.29, 0.717) is 35.1 Å². The Morgan fingerprint density at radius 3 is 2.60 bits per heavy atom. The number of allylic oxidation sites excluding steroid dienone is 1. The molecule has 184 valence electrons. The van der Waals surface area contributed by atoms with Crippen molar-refractivity contribution in [1.29, 1.82) is 0 Å². The predicted molar refractivity (Wildman–Crippen MR) is 137 cm³/mol. The number of hydrogen-bond acceptors (Lipinski definition) is 7. The second-order valence-corrected chi connectivity index (χ2v) is 8.96. The summed E-state index contributed by atoms with van der Waals surface area (Å²) in [6.45, 7) is 7.78. The van der Waals surface area contributed by atoms with Gasteiger partial charge in [0.15, 0.2) is 11.5 Å². The minimum absolute atomic E-state index is 0.197. The van der Waals surface area contributed by atoms with Gasteiger partial charge < -0.3 is 14.2 Å². The van der Waals surface area contributed by atoms with E-state index in [1.54, 1.807) is 24.3 Å². The number of thioether (sulfide) groups is 1. The van der Waals surface area contributed by atoms with Crippen LogP contribution in [0.4, 0.5) is 4.79 Å². The molecule has 1 fully saturated rings. The molecule has 2 aromatic carbocycles. The van der Waals surface area contributed by atoms with E-state index in [4.69, 9.17) is 21.1 Å². The molecule has 2 amide bonds. The first-order chi connectivity index (χ1) is 16.8. The van der Waals surface area contributed by atoms with Crippen LogP contribution in [0.3, 0.4) is 0 Å². The maximum absolute atomic E-state index is 12.9. The zero-order valence-electron chi connectivity index (χ0n) is 19.7. The standard InChI is InChI=1S/C26H26ClNO6S/c1-5-9-18-12-17(14-22-24(29)28(26(31)35-22)16(3)25(30)32-4)13-21(33-6-2)23(18)34-15-19-10-7-8-11-20(19)27/h5,7-8,10-14,16H,1,6,9,15H2,2-4H3/b22-14+/t16-/m0/s1. The summed E-state index contributed by atoms with van der Waals surface area (Å²) in [5.41, 5.74) is 2.27. The Labute approximate surface area is 213 Å². The number of halogens is 1. The van der Waals surface area contributed by atoms with Gasteiger partial charge in [-0.25, -0.2) is 4.79 Å². The molecule has 0 radical (unpaired) electrons. The lowest BCUT2D eigenvalue weighted by atomic mass is 10.0. The minimum atomic E-state index is -1.02. The number of hydrogen-bond donors (Lipinski definition) is 0. The SMILES string of the molecule is C=CCc1cc(/C=C2/SC(=O)N([C@@H](C)C(=O)OC)C2=O)cc(OCC)c1OCc1ccccc1Cl. The number of carbonyl (C=O) groups is 3. The highest BCUT2D eigenvalue weighted by Gasteiger charge is 2.41. The van der Waals surface area contributed by atoms with Crippen LogP contribution in [0.1, 0.15) is 30.5 Å². The van der Waals surface area contributed by atoms with E-state index in [1.165, 1.54) is 14.0 Å². The smallest absolute Gasteiger partial charge is 0.328 e. The highest BCUT2D eigenvalue weighted by molar-refractivity contribution is 8.18. The summed E-state index contributed by atoms with van der Waals surface area (Å²) < 4.78 is 16.6. The largest absolute Gasteiger partial charge is 0.490 e. The maximum Gasteiger partial charge on any atom is 0.328 e. The number of benzene rings is 2. The van der Waals surface area contributed by atoms with Gasteiger partial charge in [-0.05, 0) is 61.9 Å². The van der Waals surface area contributed by atoms with Crippen LogP contribution in [-0.2, 0) is 27.4 Å². The van der Waals surface area contributed by atoms with E-state index in [9.17, 15) is 14.4 Å². The molecular formula is C26H26ClNO6S. The van der Waals surface area contributed by atoms with Gasteiger partial charge in [-0.15, -0.1) is 6.58 Å². The average molecular weight is 516 g/mol. The molecule has 0 aliphatic carbocycles. The number of amides is 2. The van der Waals surface area contributed by atoms with Gasteiger partial charge in [0.1, 0.15) is 12.6 Å². The predicted octanol–water partition coefficient (Wildman–Crippen LogP) is 5.64. The number of imide groups is 1. The molecular weight excluding hydrogens is 490 g/mol. The molecule has 0 bridgehead atoms. The van der Waals surface area contributed by atoms with Crippen molar-refractivity contribution in [3.05, 3.63) is 75.7 Å². The van der Waals surface area contributed by atoms with Crippen LogP contribution in [-0.4, -0.2) is 41.8 Å². The van der Waals surface area contributed by atoms with Gasteiger partial charge in [-0.3, -0.25) is 14.5 Å². The Kier molecular flexibility index (Phi) is 9.01. The van der Waals surface area contributed by atoms with Crippen LogP contribution in [0.2, 0.25) is 5.02 Å². The second-order valence-electron chi connectivity index (χ2n) is 7.56. The van der Waals surface area contributed by atoms with Gasteiger partial charge in [0, 0.05) is 16.1 Å². The molecule has 7 nitrogen and oxygen atoms in total. The molecule has 3 rings (SSSR count). The zero-order valence-corrected chi connectivity index (χ0v) is 21.3. The molecule has 0 saturated carbocycles. The first-order valence-corrected chi connectivity index (χ1v) is 12.1. The molecule has 0 N–H and O–H groups in total. The summed E-state index contributed by atoms with van der Waals surface area (Å²) in [4.78, 5) is 38.3. The Morgan fingerprint density at radius 2 is 1.94 bits per heavy atom. The van der Waals surface area contributed by atoms with Crippen molar-refractivity contribution in [2.45, 2.75) is 32.9 Å². The van der Waals surface area contributed by atoms with Gasteiger partial charge in [0.25, 0.3) is 11.1 Å². The Balaban J connectivity index is 1.96. The fourth-order valence-corrected chi connectivity index (χ4v) is 4.61. The fraction of sp³-hybridized carbons (Fsp3) is 0.269. The summed E-state index contributed by atoms with van der Waals surface area (Å²) in [6, 6.07) is 9.99. The van der Waals surface area contributed by atoms with Gasteiger partial charge in [0.05, 0.1) is 18.6 Å². The van der Waals surface area contributed by atoms with Crippen molar-refractivity contribution in [1.82, 2.24) is 4.90 Å². The Morgan fingerprint density at radius 1 is 1.20 bits per heavy atom. The molecule has 0 unspecified atom stereocenters. The van der Waals surface area contributed by atoms with Crippen LogP contribution in [0, 0.1) is 0 Å². The Hall–Kier alpha value is -3.23. The van der Waals surface area contributed by atoms with Crippen molar-refractivity contribution < 1.29 is 28.6 Å². The summed E-state index contributed by atoms with van der Waals surface area (Å²) in [6.07, 6.45) is 3.82. The number of carbonyl (C=O) groups excluding carboxylic acids is 3. The molecule has 1 saturated heterocycles. The molecule has 1 aliphatic heterocycles. The molecule has 35 heavy (non-hydrogen) atoms. The van der Waals surface area contributed by atoms with Crippen LogP contribution < -0.4 is 9.47 Å². The first kappa shape index (κ1) is 26.4.